The van der Waals surface area contributed by atoms with E-state index < -0.39 is 23.5 Å². The first-order valence-corrected chi connectivity index (χ1v) is 5.09. The zero-order chi connectivity index (χ0) is 12.4. The first-order valence-electron chi connectivity index (χ1n) is 5.09. The number of benzene rings is 1. The van der Waals surface area contributed by atoms with Crippen molar-refractivity contribution in [3.63, 3.8) is 0 Å². The van der Waals surface area contributed by atoms with E-state index in [9.17, 15) is 18.4 Å². The SMILES string of the molecule is O=C1CC(C(=O)Nc2cc(F)ccc2F)CN1. The fourth-order valence-corrected chi connectivity index (χ4v) is 1.62. The lowest BCUT2D eigenvalue weighted by Crippen LogP contribution is -2.25. The van der Waals surface area contributed by atoms with E-state index in [0.717, 1.165) is 18.2 Å². The minimum Gasteiger partial charge on any atom is -0.355 e. The molecule has 1 aliphatic heterocycles. The molecular weight excluding hydrogens is 230 g/mol. The van der Waals surface area contributed by atoms with Gasteiger partial charge in [0, 0.05) is 19.0 Å². The highest BCUT2D eigenvalue weighted by Gasteiger charge is 2.28. The van der Waals surface area contributed by atoms with Crippen LogP contribution in [0.2, 0.25) is 0 Å². The maximum absolute atomic E-state index is 13.2. The van der Waals surface area contributed by atoms with E-state index in [1.54, 1.807) is 0 Å². The second-order valence-electron chi connectivity index (χ2n) is 3.82. The van der Waals surface area contributed by atoms with Crippen molar-refractivity contribution in [2.24, 2.45) is 5.92 Å². The van der Waals surface area contributed by atoms with Crippen molar-refractivity contribution in [1.82, 2.24) is 5.32 Å². The number of carbonyl (C=O) groups is 2. The summed E-state index contributed by atoms with van der Waals surface area (Å²) in [6, 6.07) is 2.80. The van der Waals surface area contributed by atoms with Crippen LogP contribution in [-0.2, 0) is 9.59 Å². The molecule has 1 aliphatic rings. The van der Waals surface area contributed by atoms with Crippen molar-refractivity contribution in [2.45, 2.75) is 6.42 Å². The van der Waals surface area contributed by atoms with E-state index in [-0.39, 0.29) is 24.6 Å². The largest absolute Gasteiger partial charge is 0.355 e. The molecule has 17 heavy (non-hydrogen) atoms. The van der Waals surface area contributed by atoms with Gasteiger partial charge in [-0.3, -0.25) is 9.59 Å². The zero-order valence-corrected chi connectivity index (χ0v) is 8.80. The lowest BCUT2D eigenvalue weighted by Gasteiger charge is -2.09. The van der Waals surface area contributed by atoms with Gasteiger partial charge in [-0.2, -0.15) is 0 Å². The molecular formula is C11H10F2N2O2. The van der Waals surface area contributed by atoms with Crippen LogP contribution in [0.3, 0.4) is 0 Å². The fraction of sp³-hybridized carbons (Fsp3) is 0.273. The van der Waals surface area contributed by atoms with Gasteiger partial charge in [-0.1, -0.05) is 0 Å². The molecule has 2 rings (SSSR count). The molecule has 1 unspecified atom stereocenters. The highest BCUT2D eigenvalue weighted by molar-refractivity contribution is 5.97. The van der Waals surface area contributed by atoms with Crippen molar-refractivity contribution < 1.29 is 18.4 Å². The van der Waals surface area contributed by atoms with Gasteiger partial charge in [-0.15, -0.1) is 0 Å². The number of hydrogen-bond acceptors (Lipinski definition) is 2. The second-order valence-corrected chi connectivity index (χ2v) is 3.82. The van der Waals surface area contributed by atoms with Crippen LogP contribution in [0.1, 0.15) is 6.42 Å². The first kappa shape index (κ1) is 11.5. The van der Waals surface area contributed by atoms with Gasteiger partial charge in [0.05, 0.1) is 11.6 Å². The predicted octanol–water partition coefficient (Wildman–Crippen LogP) is 1.04. The average Bonchev–Trinajstić information content (AvgIpc) is 2.70. The molecule has 1 aromatic carbocycles. The van der Waals surface area contributed by atoms with Crippen LogP contribution in [0.5, 0.6) is 0 Å². The molecule has 4 nitrogen and oxygen atoms in total. The highest BCUT2D eigenvalue weighted by Crippen LogP contribution is 2.18. The molecule has 1 saturated heterocycles. The third-order valence-electron chi connectivity index (χ3n) is 2.53. The molecule has 0 aromatic heterocycles. The van der Waals surface area contributed by atoms with Crippen LogP contribution in [0.4, 0.5) is 14.5 Å². The van der Waals surface area contributed by atoms with Gasteiger partial charge in [0.2, 0.25) is 11.8 Å². The normalized spacial score (nSPS) is 18.9. The summed E-state index contributed by atoms with van der Waals surface area (Å²) in [6.45, 7) is 0.224. The maximum Gasteiger partial charge on any atom is 0.229 e. The maximum atomic E-state index is 13.2. The number of carbonyl (C=O) groups excluding carboxylic acids is 2. The van der Waals surface area contributed by atoms with Crippen molar-refractivity contribution in [3.05, 3.63) is 29.8 Å². The van der Waals surface area contributed by atoms with Crippen molar-refractivity contribution in [1.29, 1.82) is 0 Å². The van der Waals surface area contributed by atoms with Crippen LogP contribution < -0.4 is 10.6 Å². The van der Waals surface area contributed by atoms with Gasteiger partial charge in [-0.05, 0) is 12.1 Å². The Balaban J connectivity index is 2.07. The van der Waals surface area contributed by atoms with Crippen molar-refractivity contribution >= 4 is 17.5 Å². The Morgan fingerprint density at radius 1 is 1.41 bits per heavy atom. The van der Waals surface area contributed by atoms with E-state index in [0.29, 0.717) is 0 Å². The molecule has 0 saturated carbocycles. The summed E-state index contributed by atoms with van der Waals surface area (Å²) in [7, 11) is 0. The van der Waals surface area contributed by atoms with Crippen LogP contribution >= 0.6 is 0 Å². The Hall–Kier alpha value is -1.98. The predicted molar refractivity (Wildman–Crippen MR) is 56.1 cm³/mol. The lowest BCUT2D eigenvalue weighted by atomic mass is 10.1. The molecule has 1 heterocycles. The van der Waals surface area contributed by atoms with E-state index in [1.807, 2.05) is 0 Å². The summed E-state index contributed by atoms with van der Waals surface area (Å²) in [5, 5.41) is 4.76. The van der Waals surface area contributed by atoms with Gasteiger partial charge in [0.15, 0.2) is 0 Å². The average molecular weight is 240 g/mol. The molecule has 2 N–H and O–H groups in total. The first-order chi connectivity index (χ1) is 8.06. The number of amides is 2. The Labute approximate surface area is 96.0 Å². The third-order valence-corrected chi connectivity index (χ3v) is 2.53. The van der Waals surface area contributed by atoms with Crippen LogP contribution in [0.15, 0.2) is 18.2 Å². The number of rotatable bonds is 2. The summed E-state index contributed by atoms with van der Waals surface area (Å²) in [5.74, 6) is -2.60. The van der Waals surface area contributed by atoms with Crippen molar-refractivity contribution in [3.8, 4) is 0 Å². The van der Waals surface area contributed by atoms with E-state index in [1.165, 1.54) is 0 Å². The topological polar surface area (TPSA) is 58.2 Å². The summed E-state index contributed by atoms with van der Waals surface area (Å²) >= 11 is 0. The molecule has 1 atom stereocenters. The van der Waals surface area contributed by atoms with Crippen LogP contribution in [0, 0.1) is 17.6 Å². The number of hydrogen-bond donors (Lipinski definition) is 2. The van der Waals surface area contributed by atoms with Gasteiger partial charge in [0.1, 0.15) is 11.6 Å². The molecule has 2 amide bonds. The lowest BCUT2D eigenvalue weighted by molar-refractivity contribution is -0.123. The number of anilines is 1. The Morgan fingerprint density at radius 2 is 2.18 bits per heavy atom. The quantitative estimate of drug-likeness (QED) is 0.811. The van der Waals surface area contributed by atoms with E-state index in [2.05, 4.69) is 10.6 Å². The Kier molecular flexibility index (Phi) is 3.03. The summed E-state index contributed by atoms with van der Waals surface area (Å²) in [4.78, 5) is 22.5. The van der Waals surface area contributed by atoms with Gasteiger partial charge in [0.25, 0.3) is 0 Å². The number of nitrogens with one attached hydrogen (secondary N) is 2. The monoisotopic (exact) mass is 240 g/mol. The van der Waals surface area contributed by atoms with Gasteiger partial charge < -0.3 is 10.6 Å². The molecule has 0 spiro atoms. The number of halogens is 2. The summed E-state index contributed by atoms with van der Waals surface area (Å²) in [5.41, 5.74) is -0.214. The van der Waals surface area contributed by atoms with E-state index in [4.69, 9.17) is 0 Å². The minimum atomic E-state index is -0.711. The van der Waals surface area contributed by atoms with Gasteiger partial charge in [-0.25, -0.2) is 8.78 Å². The third kappa shape index (κ3) is 2.58. The highest BCUT2D eigenvalue weighted by atomic mass is 19.1. The Bertz CT molecular complexity index is 477. The molecule has 0 aliphatic carbocycles. The zero-order valence-electron chi connectivity index (χ0n) is 8.80. The molecule has 90 valence electrons. The molecule has 6 heteroatoms. The van der Waals surface area contributed by atoms with Gasteiger partial charge >= 0.3 is 0 Å². The molecule has 0 radical (unpaired) electrons. The molecule has 1 fully saturated rings. The fourth-order valence-electron chi connectivity index (χ4n) is 1.62. The smallest absolute Gasteiger partial charge is 0.229 e. The van der Waals surface area contributed by atoms with Crippen molar-refractivity contribution in [2.75, 3.05) is 11.9 Å². The Morgan fingerprint density at radius 3 is 2.82 bits per heavy atom. The summed E-state index contributed by atoms with van der Waals surface area (Å²) < 4.78 is 26.1. The van der Waals surface area contributed by atoms with E-state index >= 15 is 0 Å². The minimum absolute atomic E-state index is 0.0722. The van der Waals surface area contributed by atoms with Crippen LogP contribution in [-0.4, -0.2) is 18.4 Å². The molecule has 1 aromatic rings. The second kappa shape index (κ2) is 4.48. The van der Waals surface area contributed by atoms with Crippen LogP contribution in [0.25, 0.3) is 0 Å². The standard InChI is InChI=1S/C11H10F2N2O2/c12-7-1-2-8(13)9(4-7)15-11(17)6-3-10(16)14-5-6/h1-2,4,6H,3,5H2,(H,14,16)(H,15,17). The summed E-state index contributed by atoms with van der Waals surface area (Å²) in [6.07, 6.45) is 0.0722. The molecule has 0 bridgehead atoms.